The molecule has 23 heavy (non-hydrogen) atoms. The van der Waals surface area contributed by atoms with Crippen molar-refractivity contribution in [2.45, 2.75) is 26.6 Å². The fourth-order valence-corrected chi connectivity index (χ4v) is 3.41. The summed E-state index contributed by atoms with van der Waals surface area (Å²) in [6, 6.07) is 10.8. The van der Waals surface area contributed by atoms with Crippen LogP contribution in [0.3, 0.4) is 0 Å². The molecule has 0 bridgehead atoms. The summed E-state index contributed by atoms with van der Waals surface area (Å²) < 4.78 is 5.58. The Hall–Kier alpha value is -1.49. The molecule has 0 aliphatic carbocycles. The number of carbonyl (C=O) groups excluding carboxylic acids is 1. The first-order valence-electron chi connectivity index (χ1n) is 7.22. The number of anilines is 2. The largest absolute Gasteiger partial charge is 0.516 e. The molecule has 0 unspecified atom stereocenters. The van der Waals surface area contributed by atoms with Crippen LogP contribution in [-0.2, 0) is 4.43 Å². The maximum absolute atomic E-state index is 12.4. The zero-order valence-electron chi connectivity index (χ0n) is 13.5. The van der Waals surface area contributed by atoms with E-state index in [-0.39, 0.29) is 5.97 Å². The predicted octanol–water partition coefficient (Wildman–Crippen LogP) is 6.04. The van der Waals surface area contributed by atoms with E-state index in [9.17, 15) is 4.79 Å². The molecule has 2 aromatic rings. The zero-order valence-corrected chi connectivity index (χ0v) is 16.0. The number of nitrogens with one attached hydrogen (secondary N) is 1. The molecule has 0 saturated heterocycles. The van der Waals surface area contributed by atoms with Crippen molar-refractivity contribution in [1.82, 2.24) is 0 Å². The Morgan fingerprint density at radius 1 is 1.09 bits per heavy atom. The Morgan fingerprint density at radius 2 is 1.65 bits per heavy atom. The minimum absolute atomic E-state index is 0.341. The van der Waals surface area contributed by atoms with E-state index >= 15 is 0 Å². The minimum Gasteiger partial charge on any atom is -0.516 e. The third-order valence-corrected chi connectivity index (χ3v) is 4.39. The topological polar surface area (TPSA) is 38.3 Å². The lowest BCUT2D eigenvalue weighted by Crippen LogP contribution is -2.29. The standard InChI is InChI=1S/C17H19Cl2NO2Si/c1-11-9-13(18)16(14(19)10-11)20-15-8-6-5-7-12(15)17(21)22-23(2,3)4/h5-10,20H,1-4H3. The van der Waals surface area contributed by atoms with Crippen LogP contribution in [0.25, 0.3) is 0 Å². The quantitative estimate of drug-likeness (QED) is 0.669. The number of carbonyl (C=O) groups is 1. The van der Waals surface area contributed by atoms with Crippen LogP contribution in [0.4, 0.5) is 11.4 Å². The predicted molar refractivity (Wildman–Crippen MR) is 99.7 cm³/mol. The van der Waals surface area contributed by atoms with Crippen molar-refractivity contribution in [3.63, 3.8) is 0 Å². The van der Waals surface area contributed by atoms with E-state index in [1.54, 1.807) is 18.2 Å². The third-order valence-electron chi connectivity index (χ3n) is 2.99. The van der Waals surface area contributed by atoms with E-state index in [1.165, 1.54) is 0 Å². The number of benzene rings is 2. The second kappa shape index (κ2) is 6.95. The van der Waals surface area contributed by atoms with Crippen LogP contribution in [-0.4, -0.2) is 14.3 Å². The molecule has 0 aromatic heterocycles. The molecule has 0 atom stereocenters. The average Bonchev–Trinajstić information content (AvgIpc) is 2.41. The second-order valence-electron chi connectivity index (χ2n) is 6.28. The first-order chi connectivity index (χ1) is 10.7. The van der Waals surface area contributed by atoms with Gasteiger partial charge in [0.1, 0.15) is 0 Å². The summed E-state index contributed by atoms with van der Waals surface area (Å²) >= 11 is 12.5. The first kappa shape index (κ1) is 17.9. The van der Waals surface area contributed by atoms with Gasteiger partial charge in [-0.1, -0.05) is 35.3 Å². The minimum atomic E-state index is -1.98. The Bertz CT molecular complexity index is 719. The number of para-hydroxylation sites is 1. The fourth-order valence-electron chi connectivity index (χ4n) is 2.06. The van der Waals surface area contributed by atoms with Gasteiger partial charge in [0.2, 0.25) is 8.32 Å². The van der Waals surface area contributed by atoms with Crippen molar-refractivity contribution < 1.29 is 9.22 Å². The summed E-state index contributed by atoms with van der Waals surface area (Å²) in [5.74, 6) is -0.341. The molecular weight excluding hydrogens is 349 g/mol. The smallest absolute Gasteiger partial charge is 0.326 e. The normalized spacial score (nSPS) is 11.2. The van der Waals surface area contributed by atoms with Gasteiger partial charge >= 0.3 is 5.97 Å². The molecule has 0 spiro atoms. The summed E-state index contributed by atoms with van der Waals surface area (Å²) in [5.41, 5.74) is 2.62. The molecule has 0 fully saturated rings. The van der Waals surface area contributed by atoms with Crippen molar-refractivity contribution in [2.24, 2.45) is 0 Å². The first-order valence-corrected chi connectivity index (χ1v) is 11.4. The van der Waals surface area contributed by atoms with Gasteiger partial charge in [-0.15, -0.1) is 0 Å². The maximum Gasteiger partial charge on any atom is 0.326 e. The number of rotatable bonds is 4. The van der Waals surface area contributed by atoms with Crippen LogP contribution >= 0.6 is 23.2 Å². The van der Waals surface area contributed by atoms with E-state index in [1.807, 2.05) is 44.8 Å². The van der Waals surface area contributed by atoms with E-state index in [0.717, 1.165) is 5.56 Å². The van der Waals surface area contributed by atoms with Gasteiger partial charge in [0, 0.05) is 0 Å². The Kier molecular flexibility index (Phi) is 5.40. The highest BCUT2D eigenvalue weighted by Crippen LogP contribution is 2.35. The molecule has 0 amide bonds. The van der Waals surface area contributed by atoms with Gasteiger partial charge < -0.3 is 9.74 Å². The molecule has 3 nitrogen and oxygen atoms in total. The van der Waals surface area contributed by atoms with Crippen molar-refractivity contribution in [3.05, 3.63) is 57.6 Å². The summed E-state index contributed by atoms with van der Waals surface area (Å²) in [6.07, 6.45) is 0. The number of aryl methyl sites for hydroxylation is 1. The lowest BCUT2D eigenvalue weighted by molar-refractivity contribution is 0.0725. The molecule has 0 heterocycles. The van der Waals surface area contributed by atoms with E-state index < -0.39 is 8.32 Å². The molecule has 0 aliphatic heterocycles. The highest BCUT2D eigenvalue weighted by Gasteiger charge is 2.23. The van der Waals surface area contributed by atoms with Gasteiger partial charge in [0.15, 0.2) is 0 Å². The number of hydrogen-bond donors (Lipinski definition) is 1. The number of halogens is 2. The fraction of sp³-hybridized carbons (Fsp3) is 0.235. The van der Waals surface area contributed by atoms with Crippen LogP contribution < -0.4 is 5.32 Å². The lowest BCUT2D eigenvalue weighted by atomic mass is 10.1. The molecule has 2 rings (SSSR count). The summed E-state index contributed by atoms with van der Waals surface area (Å²) in [6.45, 7) is 7.82. The average molecular weight is 368 g/mol. The maximum atomic E-state index is 12.4. The molecule has 1 N–H and O–H groups in total. The van der Waals surface area contributed by atoms with Gasteiger partial charge in [0.05, 0.1) is 27.0 Å². The van der Waals surface area contributed by atoms with Crippen LogP contribution in [0.2, 0.25) is 29.7 Å². The molecule has 2 aromatic carbocycles. The van der Waals surface area contributed by atoms with Crippen LogP contribution in [0.15, 0.2) is 36.4 Å². The third kappa shape index (κ3) is 4.74. The molecule has 122 valence electrons. The van der Waals surface area contributed by atoms with E-state index in [4.69, 9.17) is 27.6 Å². The molecule has 0 aliphatic rings. The van der Waals surface area contributed by atoms with Crippen LogP contribution in [0.1, 0.15) is 15.9 Å². The van der Waals surface area contributed by atoms with Crippen molar-refractivity contribution in [3.8, 4) is 0 Å². The van der Waals surface area contributed by atoms with E-state index in [0.29, 0.717) is 27.0 Å². The van der Waals surface area contributed by atoms with Crippen molar-refractivity contribution in [1.29, 1.82) is 0 Å². The SMILES string of the molecule is Cc1cc(Cl)c(Nc2ccccc2C(=O)O[Si](C)(C)C)c(Cl)c1. The van der Waals surface area contributed by atoms with E-state index in [2.05, 4.69) is 5.32 Å². The van der Waals surface area contributed by atoms with Gasteiger partial charge in [-0.2, -0.15) is 0 Å². The van der Waals surface area contributed by atoms with Crippen LogP contribution in [0.5, 0.6) is 0 Å². The molecule has 0 saturated carbocycles. The number of hydrogen-bond acceptors (Lipinski definition) is 3. The summed E-state index contributed by atoms with van der Waals surface area (Å²) in [5, 5.41) is 4.16. The molecule has 0 radical (unpaired) electrons. The highest BCUT2D eigenvalue weighted by atomic mass is 35.5. The van der Waals surface area contributed by atoms with Gasteiger partial charge in [-0.25, -0.2) is 4.79 Å². The van der Waals surface area contributed by atoms with Gasteiger partial charge in [0.25, 0.3) is 0 Å². The molecular formula is C17H19Cl2NO2Si. The molecule has 6 heteroatoms. The Labute approximate surface area is 147 Å². The van der Waals surface area contributed by atoms with Gasteiger partial charge in [-0.3, -0.25) is 0 Å². The Balaban J connectivity index is 2.37. The second-order valence-corrected chi connectivity index (χ2v) is 11.5. The monoisotopic (exact) mass is 367 g/mol. The van der Waals surface area contributed by atoms with Crippen molar-refractivity contribution in [2.75, 3.05) is 5.32 Å². The lowest BCUT2D eigenvalue weighted by Gasteiger charge is -2.19. The highest BCUT2D eigenvalue weighted by molar-refractivity contribution is 6.71. The van der Waals surface area contributed by atoms with Crippen molar-refractivity contribution >= 4 is 48.9 Å². The summed E-state index contributed by atoms with van der Waals surface area (Å²) in [4.78, 5) is 12.4. The summed E-state index contributed by atoms with van der Waals surface area (Å²) in [7, 11) is -1.98. The van der Waals surface area contributed by atoms with Gasteiger partial charge in [-0.05, 0) is 56.4 Å². The zero-order chi connectivity index (χ0) is 17.2. The van der Waals surface area contributed by atoms with Crippen LogP contribution in [0, 0.1) is 6.92 Å². The Morgan fingerprint density at radius 3 is 2.22 bits per heavy atom.